The number of benzene rings is 3. The van der Waals surface area contributed by atoms with E-state index in [1.54, 1.807) is 13.4 Å². The first-order chi connectivity index (χ1) is 13.2. The molecular formula is C22H19N3O2. The van der Waals surface area contributed by atoms with Gasteiger partial charge in [0.25, 0.3) is 0 Å². The van der Waals surface area contributed by atoms with Crippen molar-refractivity contribution in [2.75, 3.05) is 12.4 Å². The van der Waals surface area contributed by atoms with Gasteiger partial charge in [-0.1, -0.05) is 42.5 Å². The molecule has 1 heterocycles. The highest BCUT2D eigenvalue weighted by Gasteiger charge is 2.08. The van der Waals surface area contributed by atoms with E-state index in [0.29, 0.717) is 0 Å². The zero-order valence-corrected chi connectivity index (χ0v) is 14.9. The summed E-state index contributed by atoms with van der Waals surface area (Å²) in [5.41, 5.74) is 4.63. The molecule has 1 aromatic heterocycles. The Morgan fingerprint density at radius 1 is 1.00 bits per heavy atom. The number of nitrogens with one attached hydrogen (secondary N) is 1. The molecule has 0 fully saturated rings. The van der Waals surface area contributed by atoms with Crippen LogP contribution in [0.2, 0.25) is 0 Å². The highest BCUT2D eigenvalue weighted by atomic mass is 16.5. The number of methoxy groups -OCH3 is 1. The molecule has 0 bridgehead atoms. The number of aromatic nitrogens is 2. The van der Waals surface area contributed by atoms with Crippen molar-refractivity contribution in [3.8, 4) is 16.9 Å². The molecule has 3 aromatic carbocycles. The van der Waals surface area contributed by atoms with Gasteiger partial charge in [-0.25, -0.2) is 4.98 Å². The molecule has 0 radical (unpaired) electrons. The molecule has 1 N–H and O–H groups in total. The second-order valence-electron chi connectivity index (χ2n) is 6.19. The lowest BCUT2D eigenvalue weighted by molar-refractivity contribution is -0.116. The second-order valence-corrected chi connectivity index (χ2v) is 6.19. The SMILES string of the molecule is COc1ccccc1-c1ccc(NC(=O)Cn2cnc3ccccc32)cc1. The van der Waals surface area contributed by atoms with E-state index in [4.69, 9.17) is 4.74 Å². The molecule has 4 rings (SSSR count). The van der Waals surface area contributed by atoms with Crippen LogP contribution in [0, 0.1) is 0 Å². The third-order valence-corrected chi connectivity index (χ3v) is 4.43. The fraction of sp³-hybridized carbons (Fsp3) is 0.0909. The summed E-state index contributed by atoms with van der Waals surface area (Å²) >= 11 is 0. The maximum Gasteiger partial charge on any atom is 0.244 e. The van der Waals surface area contributed by atoms with Gasteiger partial charge in [-0.3, -0.25) is 4.79 Å². The van der Waals surface area contributed by atoms with Gasteiger partial charge in [0.15, 0.2) is 0 Å². The van der Waals surface area contributed by atoms with E-state index < -0.39 is 0 Å². The zero-order chi connectivity index (χ0) is 18.6. The lowest BCUT2D eigenvalue weighted by Crippen LogP contribution is -2.18. The predicted molar refractivity (Wildman–Crippen MR) is 107 cm³/mol. The van der Waals surface area contributed by atoms with Crippen LogP contribution in [0.3, 0.4) is 0 Å². The largest absolute Gasteiger partial charge is 0.496 e. The maximum absolute atomic E-state index is 12.4. The lowest BCUT2D eigenvalue weighted by atomic mass is 10.0. The molecule has 27 heavy (non-hydrogen) atoms. The van der Waals surface area contributed by atoms with Gasteiger partial charge in [0.1, 0.15) is 12.3 Å². The number of para-hydroxylation sites is 3. The number of fused-ring (bicyclic) bond motifs is 1. The highest BCUT2D eigenvalue weighted by molar-refractivity contribution is 5.92. The van der Waals surface area contributed by atoms with Gasteiger partial charge in [-0.05, 0) is 35.9 Å². The van der Waals surface area contributed by atoms with Crippen molar-refractivity contribution in [3.63, 3.8) is 0 Å². The summed E-state index contributed by atoms with van der Waals surface area (Å²) in [5.74, 6) is 0.726. The Morgan fingerprint density at radius 3 is 2.56 bits per heavy atom. The summed E-state index contributed by atoms with van der Waals surface area (Å²) in [4.78, 5) is 16.7. The average molecular weight is 357 g/mol. The molecule has 0 atom stereocenters. The molecule has 5 nitrogen and oxygen atoms in total. The number of amides is 1. The van der Waals surface area contributed by atoms with E-state index in [1.807, 2.05) is 77.4 Å². The summed E-state index contributed by atoms with van der Waals surface area (Å²) < 4.78 is 7.25. The molecule has 0 saturated carbocycles. The predicted octanol–water partition coefficient (Wildman–Crippen LogP) is 4.35. The van der Waals surface area contributed by atoms with Gasteiger partial charge in [0.2, 0.25) is 5.91 Å². The van der Waals surface area contributed by atoms with Crippen LogP contribution < -0.4 is 10.1 Å². The number of ether oxygens (including phenoxy) is 1. The Kier molecular flexibility index (Phi) is 4.58. The van der Waals surface area contributed by atoms with E-state index in [2.05, 4.69) is 10.3 Å². The number of hydrogen-bond donors (Lipinski definition) is 1. The molecule has 0 aliphatic heterocycles. The Hall–Kier alpha value is -3.60. The smallest absolute Gasteiger partial charge is 0.244 e. The molecule has 1 amide bonds. The van der Waals surface area contributed by atoms with Gasteiger partial charge in [-0.15, -0.1) is 0 Å². The minimum atomic E-state index is -0.0943. The van der Waals surface area contributed by atoms with E-state index in [9.17, 15) is 4.79 Å². The molecular weight excluding hydrogens is 338 g/mol. The maximum atomic E-state index is 12.4. The molecule has 0 spiro atoms. The van der Waals surface area contributed by atoms with Crippen LogP contribution in [-0.2, 0) is 11.3 Å². The van der Waals surface area contributed by atoms with Crippen LogP contribution in [0.25, 0.3) is 22.2 Å². The fourth-order valence-electron chi connectivity index (χ4n) is 3.11. The summed E-state index contributed by atoms with van der Waals surface area (Å²) in [6.45, 7) is 0.217. The molecule has 4 aromatic rings. The third kappa shape index (κ3) is 3.53. The van der Waals surface area contributed by atoms with Crippen molar-refractivity contribution in [1.29, 1.82) is 0 Å². The molecule has 134 valence electrons. The minimum absolute atomic E-state index is 0.0943. The van der Waals surface area contributed by atoms with Crippen molar-refractivity contribution in [2.45, 2.75) is 6.54 Å². The van der Waals surface area contributed by atoms with Crippen LogP contribution in [0.1, 0.15) is 0 Å². The molecule has 0 saturated heterocycles. The first kappa shape index (κ1) is 16.8. The summed E-state index contributed by atoms with van der Waals surface area (Å²) in [7, 11) is 1.66. The number of rotatable bonds is 5. The summed E-state index contributed by atoms with van der Waals surface area (Å²) in [6, 6.07) is 23.4. The van der Waals surface area contributed by atoms with Crippen LogP contribution in [-0.4, -0.2) is 22.6 Å². The monoisotopic (exact) mass is 357 g/mol. The first-order valence-electron chi connectivity index (χ1n) is 8.68. The standard InChI is InChI=1S/C22H19N3O2/c1-27-21-9-5-2-6-18(21)16-10-12-17(13-11-16)24-22(26)14-25-15-23-19-7-3-4-8-20(19)25/h2-13,15H,14H2,1H3,(H,24,26). The molecule has 5 heteroatoms. The first-order valence-corrected chi connectivity index (χ1v) is 8.68. The number of hydrogen-bond acceptors (Lipinski definition) is 3. The normalized spacial score (nSPS) is 10.7. The van der Waals surface area contributed by atoms with E-state index in [1.165, 1.54) is 0 Å². The lowest BCUT2D eigenvalue weighted by Gasteiger charge is -2.10. The number of imidazole rings is 1. The van der Waals surface area contributed by atoms with Crippen LogP contribution in [0.15, 0.2) is 79.1 Å². The van der Waals surface area contributed by atoms with Gasteiger partial charge < -0.3 is 14.6 Å². The van der Waals surface area contributed by atoms with Crippen LogP contribution in [0.5, 0.6) is 5.75 Å². The zero-order valence-electron chi connectivity index (χ0n) is 14.9. The second kappa shape index (κ2) is 7.33. The van der Waals surface area contributed by atoms with Gasteiger partial charge in [-0.2, -0.15) is 0 Å². The third-order valence-electron chi connectivity index (χ3n) is 4.43. The Balaban J connectivity index is 1.47. The average Bonchev–Trinajstić information content (AvgIpc) is 3.11. The topological polar surface area (TPSA) is 56.1 Å². The van der Waals surface area contributed by atoms with Crippen molar-refractivity contribution in [2.24, 2.45) is 0 Å². The quantitative estimate of drug-likeness (QED) is 0.578. The Labute approximate surface area is 157 Å². The Morgan fingerprint density at radius 2 is 1.74 bits per heavy atom. The number of anilines is 1. The Bertz CT molecular complexity index is 1080. The van der Waals surface area contributed by atoms with Gasteiger partial charge in [0, 0.05) is 11.3 Å². The van der Waals surface area contributed by atoms with Crippen LogP contribution in [0.4, 0.5) is 5.69 Å². The number of carbonyl (C=O) groups excluding carboxylic acids is 1. The molecule has 0 aliphatic carbocycles. The molecule has 0 aliphatic rings. The molecule has 0 unspecified atom stereocenters. The minimum Gasteiger partial charge on any atom is -0.496 e. The van der Waals surface area contributed by atoms with Crippen molar-refractivity contribution in [3.05, 3.63) is 79.1 Å². The van der Waals surface area contributed by atoms with E-state index in [-0.39, 0.29) is 12.5 Å². The van der Waals surface area contributed by atoms with Crippen molar-refractivity contribution < 1.29 is 9.53 Å². The van der Waals surface area contributed by atoms with Gasteiger partial charge in [0.05, 0.1) is 24.5 Å². The van der Waals surface area contributed by atoms with E-state index >= 15 is 0 Å². The number of nitrogens with zero attached hydrogens (tertiary/aromatic N) is 2. The van der Waals surface area contributed by atoms with Crippen molar-refractivity contribution in [1.82, 2.24) is 9.55 Å². The number of carbonyl (C=O) groups is 1. The fourth-order valence-corrected chi connectivity index (χ4v) is 3.11. The highest BCUT2D eigenvalue weighted by Crippen LogP contribution is 2.30. The summed E-state index contributed by atoms with van der Waals surface area (Å²) in [5, 5.41) is 2.93. The van der Waals surface area contributed by atoms with Gasteiger partial charge >= 0.3 is 0 Å². The van der Waals surface area contributed by atoms with Crippen LogP contribution >= 0.6 is 0 Å². The van der Waals surface area contributed by atoms with Crippen molar-refractivity contribution >= 4 is 22.6 Å². The van der Waals surface area contributed by atoms with E-state index in [0.717, 1.165) is 33.6 Å². The summed E-state index contributed by atoms with van der Waals surface area (Å²) in [6.07, 6.45) is 1.69.